The number of halogens is 2. The van der Waals surface area contributed by atoms with Crippen molar-refractivity contribution in [3.05, 3.63) is 34.9 Å². The molecule has 1 unspecified atom stereocenters. The Labute approximate surface area is 141 Å². The zero-order valence-electron chi connectivity index (χ0n) is 12.5. The molecule has 1 fully saturated rings. The van der Waals surface area contributed by atoms with Gasteiger partial charge in [-0.05, 0) is 18.6 Å². The van der Waals surface area contributed by atoms with Gasteiger partial charge >= 0.3 is 0 Å². The summed E-state index contributed by atoms with van der Waals surface area (Å²) in [5.41, 5.74) is 0.922. The van der Waals surface area contributed by atoms with Gasteiger partial charge in [-0.1, -0.05) is 29.8 Å². The van der Waals surface area contributed by atoms with Gasteiger partial charge in [0.1, 0.15) is 0 Å². The second kappa shape index (κ2) is 8.98. The van der Waals surface area contributed by atoms with Crippen LogP contribution in [0.2, 0.25) is 5.02 Å². The number of benzene rings is 1. The number of hydrogen-bond donors (Lipinski definition) is 2. The molecule has 122 valence electrons. The lowest BCUT2D eigenvalue weighted by Crippen LogP contribution is -2.55. The van der Waals surface area contributed by atoms with Gasteiger partial charge in [-0.15, -0.1) is 12.4 Å². The molecule has 1 aromatic carbocycles. The van der Waals surface area contributed by atoms with Crippen LogP contribution >= 0.6 is 24.0 Å². The SMILES string of the molecule is CCNC(=O)CC1NCCN(Cc2ccccc2Cl)C1=O.Cl. The van der Waals surface area contributed by atoms with Crippen molar-refractivity contribution < 1.29 is 9.59 Å². The van der Waals surface area contributed by atoms with E-state index in [4.69, 9.17) is 11.6 Å². The Morgan fingerprint density at radius 3 is 2.86 bits per heavy atom. The van der Waals surface area contributed by atoms with E-state index < -0.39 is 6.04 Å². The molecule has 22 heavy (non-hydrogen) atoms. The summed E-state index contributed by atoms with van der Waals surface area (Å²) in [6.45, 7) is 4.21. The van der Waals surface area contributed by atoms with Gasteiger partial charge in [-0.25, -0.2) is 0 Å². The van der Waals surface area contributed by atoms with Crippen molar-refractivity contribution in [1.82, 2.24) is 15.5 Å². The van der Waals surface area contributed by atoms with Crippen molar-refractivity contribution in [2.75, 3.05) is 19.6 Å². The predicted octanol–water partition coefficient (Wildman–Crippen LogP) is 1.59. The average Bonchev–Trinajstić information content (AvgIpc) is 2.46. The van der Waals surface area contributed by atoms with Crippen LogP contribution in [-0.4, -0.2) is 42.4 Å². The normalized spacial score (nSPS) is 17.8. The van der Waals surface area contributed by atoms with E-state index in [2.05, 4.69) is 10.6 Å². The second-order valence-electron chi connectivity index (χ2n) is 5.02. The third-order valence-electron chi connectivity index (χ3n) is 3.46. The van der Waals surface area contributed by atoms with E-state index in [1.165, 1.54) is 0 Å². The number of piperazine rings is 1. The minimum absolute atomic E-state index is 0. The van der Waals surface area contributed by atoms with Crippen LogP contribution in [0.15, 0.2) is 24.3 Å². The van der Waals surface area contributed by atoms with Crippen LogP contribution in [0.1, 0.15) is 18.9 Å². The maximum absolute atomic E-state index is 12.4. The summed E-state index contributed by atoms with van der Waals surface area (Å²) in [4.78, 5) is 25.8. The Kier molecular flexibility index (Phi) is 7.65. The first-order chi connectivity index (χ1) is 10.1. The Balaban J connectivity index is 0.00000242. The first-order valence-corrected chi connectivity index (χ1v) is 7.52. The van der Waals surface area contributed by atoms with Crippen LogP contribution in [0, 0.1) is 0 Å². The zero-order valence-corrected chi connectivity index (χ0v) is 14.0. The Morgan fingerprint density at radius 2 is 2.18 bits per heavy atom. The van der Waals surface area contributed by atoms with Gasteiger partial charge in [0, 0.05) is 31.2 Å². The minimum Gasteiger partial charge on any atom is -0.356 e. The van der Waals surface area contributed by atoms with E-state index >= 15 is 0 Å². The van der Waals surface area contributed by atoms with Crippen LogP contribution in [0.25, 0.3) is 0 Å². The van der Waals surface area contributed by atoms with E-state index in [0.29, 0.717) is 31.2 Å². The molecule has 2 N–H and O–H groups in total. The van der Waals surface area contributed by atoms with Crippen LogP contribution in [0.3, 0.4) is 0 Å². The van der Waals surface area contributed by atoms with Crippen molar-refractivity contribution in [2.45, 2.75) is 25.9 Å². The molecule has 1 heterocycles. The predicted molar refractivity (Wildman–Crippen MR) is 89.2 cm³/mol. The monoisotopic (exact) mass is 345 g/mol. The van der Waals surface area contributed by atoms with Gasteiger partial charge in [-0.3, -0.25) is 9.59 Å². The lowest BCUT2D eigenvalue weighted by molar-refractivity contribution is -0.138. The number of amides is 2. The van der Waals surface area contributed by atoms with Gasteiger partial charge in [0.15, 0.2) is 0 Å². The van der Waals surface area contributed by atoms with E-state index in [9.17, 15) is 9.59 Å². The molecule has 1 atom stereocenters. The smallest absolute Gasteiger partial charge is 0.240 e. The number of carbonyl (C=O) groups excluding carboxylic acids is 2. The van der Waals surface area contributed by atoms with E-state index in [1.54, 1.807) is 4.90 Å². The highest BCUT2D eigenvalue weighted by atomic mass is 35.5. The molecule has 0 aliphatic carbocycles. The molecule has 1 aliphatic heterocycles. The molecule has 0 radical (unpaired) electrons. The molecule has 5 nitrogen and oxygen atoms in total. The lowest BCUT2D eigenvalue weighted by atomic mass is 10.1. The van der Waals surface area contributed by atoms with Crippen molar-refractivity contribution >= 4 is 35.8 Å². The first-order valence-electron chi connectivity index (χ1n) is 7.14. The average molecular weight is 346 g/mol. The van der Waals surface area contributed by atoms with Gasteiger partial charge in [0.25, 0.3) is 0 Å². The highest BCUT2D eigenvalue weighted by molar-refractivity contribution is 6.31. The van der Waals surface area contributed by atoms with E-state index in [1.807, 2.05) is 31.2 Å². The maximum Gasteiger partial charge on any atom is 0.240 e. The van der Waals surface area contributed by atoms with Crippen molar-refractivity contribution in [3.8, 4) is 0 Å². The molecule has 7 heteroatoms. The summed E-state index contributed by atoms with van der Waals surface area (Å²) in [7, 11) is 0. The molecule has 0 bridgehead atoms. The number of nitrogens with one attached hydrogen (secondary N) is 2. The summed E-state index contributed by atoms with van der Waals surface area (Å²) < 4.78 is 0. The van der Waals surface area contributed by atoms with E-state index in [0.717, 1.165) is 5.56 Å². The molecule has 2 amide bonds. The fourth-order valence-corrected chi connectivity index (χ4v) is 2.59. The molecule has 0 saturated carbocycles. The molecule has 0 aromatic heterocycles. The number of carbonyl (C=O) groups is 2. The third kappa shape index (κ3) is 4.87. The minimum atomic E-state index is -0.451. The van der Waals surface area contributed by atoms with Crippen LogP contribution < -0.4 is 10.6 Å². The number of rotatable bonds is 5. The molecule has 1 aromatic rings. The Bertz CT molecular complexity index is 525. The molecular formula is C15H21Cl2N3O2. The topological polar surface area (TPSA) is 61.4 Å². The third-order valence-corrected chi connectivity index (χ3v) is 3.83. The summed E-state index contributed by atoms with van der Waals surface area (Å²) >= 11 is 6.14. The first kappa shape index (κ1) is 18.7. The molecule has 1 aliphatic rings. The fraction of sp³-hybridized carbons (Fsp3) is 0.467. The van der Waals surface area contributed by atoms with Crippen molar-refractivity contribution in [2.24, 2.45) is 0 Å². The van der Waals surface area contributed by atoms with Gasteiger partial charge in [0.05, 0.1) is 12.5 Å². The highest BCUT2D eigenvalue weighted by Gasteiger charge is 2.30. The second-order valence-corrected chi connectivity index (χ2v) is 5.42. The van der Waals surface area contributed by atoms with Crippen molar-refractivity contribution in [1.29, 1.82) is 0 Å². The summed E-state index contributed by atoms with van der Waals surface area (Å²) in [5, 5.41) is 6.48. The Hall–Kier alpha value is -1.30. The molecule has 2 rings (SSSR count). The molecule has 0 spiro atoms. The molecular weight excluding hydrogens is 325 g/mol. The summed E-state index contributed by atoms with van der Waals surface area (Å²) in [6.07, 6.45) is 0.172. The fourth-order valence-electron chi connectivity index (χ4n) is 2.40. The maximum atomic E-state index is 12.4. The summed E-state index contributed by atoms with van der Waals surface area (Å²) in [6, 6.07) is 7.04. The zero-order chi connectivity index (χ0) is 15.2. The largest absolute Gasteiger partial charge is 0.356 e. The summed E-state index contributed by atoms with van der Waals surface area (Å²) in [5.74, 6) is -0.157. The van der Waals surface area contributed by atoms with Gasteiger partial charge < -0.3 is 15.5 Å². The quantitative estimate of drug-likeness (QED) is 0.851. The van der Waals surface area contributed by atoms with Crippen molar-refractivity contribution in [3.63, 3.8) is 0 Å². The number of nitrogens with zero attached hydrogens (tertiary/aromatic N) is 1. The van der Waals surface area contributed by atoms with Gasteiger partial charge in [-0.2, -0.15) is 0 Å². The van der Waals surface area contributed by atoms with Gasteiger partial charge in [0.2, 0.25) is 11.8 Å². The standard InChI is InChI=1S/C15H20ClN3O2.ClH/c1-2-17-14(20)9-13-15(21)19(8-7-18-13)10-11-5-3-4-6-12(11)16;/h3-6,13,18H,2,7-10H2,1H3,(H,17,20);1H. The lowest BCUT2D eigenvalue weighted by Gasteiger charge is -2.33. The number of hydrogen-bond acceptors (Lipinski definition) is 3. The van der Waals surface area contributed by atoms with Crippen LogP contribution in [0.4, 0.5) is 0 Å². The van der Waals surface area contributed by atoms with Crippen LogP contribution in [-0.2, 0) is 16.1 Å². The van der Waals surface area contributed by atoms with Crippen LogP contribution in [0.5, 0.6) is 0 Å². The molecule has 1 saturated heterocycles. The Morgan fingerprint density at radius 1 is 1.45 bits per heavy atom. The van der Waals surface area contributed by atoms with E-state index in [-0.39, 0.29) is 30.6 Å². The highest BCUT2D eigenvalue weighted by Crippen LogP contribution is 2.18.